The molecule has 0 radical (unpaired) electrons. The molecule has 2 N–H and O–H groups in total. The minimum atomic E-state index is -1.25. The van der Waals surface area contributed by atoms with Gasteiger partial charge in [0.05, 0.1) is 19.1 Å². The van der Waals surface area contributed by atoms with Gasteiger partial charge < -0.3 is 24.6 Å². The fourth-order valence-electron chi connectivity index (χ4n) is 3.34. The highest BCUT2D eigenvalue weighted by molar-refractivity contribution is 5.98. The van der Waals surface area contributed by atoms with Crippen LogP contribution in [0.1, 0.15) is 29.4 Å². The Morgan fingerprint density at radius 2 is 1.97 bits per heavy atom. The molecule has 2 heterocycles. The number of aromatic nitrogens is 1. The quantitative estimate of drug-likeness (QED) is 0.689. The van der Waals surface area contributed by atoms with E-state index in [1.807, 2.05) is 30.3 Å². The van der Waals surface area contributed by atoms with Crippen molar-refractivity contribution >= 4 is 17.8 Å². The van der Waals surface area contributed by atoms with Crippen LogP contribution in [-0.4, -0.2) is 53.8 Å². The number of cyclic esters (lactones) is 2. The molecule has 0 spiro atoms. The van der Waals surface area contributed by atoms with Crippen molar-refractivity contribution in [2.45, 2.75) is 31.9 Å². The Morgan fingerprint density at radius 3 is 2.68 bits per heavy atom. The number of carbonyl (C=O) groups is 3. The Morgan fingerprint density at radius 1 is 1.23 bits per heavy atom. The van der Waals surface area contributed by atoms with Crippen molar-refractivity contribution in [1.82, 2.24) is 10.3 Å². The van der Waals surface area contributed by atoms with Gasteiger partial charge in [-0.1, -0.05) is 30.3 Å². The number of nitrogens with zero attached hydrogens (tertiary/aromatic N) is 1. The molecule has 0 bridgehead atoms. The number of hydrogen-bond acceptors (Lipinski definition) is 8. The summed E-state index contributed by atoms with van der Waals surface area (Å²) in [6, 6.07) is 9.61. The summed E-state index contributed by atoms with van der Waals surface area (Å²) in [5.74, 6) is -2.95. The van der Waals surface area contributed by atoms with Gasteiger partial charge in [0.15, 0.2) is 23.2 Å². The maximum atomic E-state index is 12.6. The van der Waals surface area contributed by atoms with Crippen molar-refractivity contribution in [3.05, 3.63) is 53.9 Å². The summed E-state index contributed by atoms with van der Waals surface area (Å²) in [7, 11) is 1.33. The maximum Gasteiger partial charge on any atom is 0.332 e. The second kappa shape index (κ2) is 9.92. The topological polar surface area (TPSA) is 124 Å². The van der Waals surface area contributed by atoms with E-state index in [-0.39, 0.29) is 11.4 Å². The molecule has 0 saturated carbocycles. The molecular weight excluding hydrogens is 404 g/mol. The first-order valence-corrected chi connectivity index (χ1v) is 9.83. The van der Waals surface area contributed by atoms with Crippen LogP contribution < -0.4 is 10.1 Å². The Bertz CT molecular complexity index is 948. The van der Waals surface area contributed by atoms with E-state index in [1.165, 1.54) is 19.4 Å². The van der Waals surface area contributed by atoms with E-state index >= 15 is 0 Å². The highest BCUT2D eigenvalue weighted by atomic mass is 16.6. The zero-order chi connectivity index (χ0) is 22.4. The molecule has 1 amide bonds. The lowest BCUT2D eigenvalue weighted by molar-refractivity contribution is -0.152. The third-order valence-corrected chi connectivity index (χ3v) is 4.90. The van der Waals surface area contributed by atoms with Gasteiger partial charge in [0, 0.05) is 12.3 Å². The predicted octanol–water partition coefficient (Wildman–Crippen LogP) is 1.63. The fourth-order valence-corrected chi connectivity index (χ4v) is 3.34. The predicted molar refractivity (Wildman–Crippen MR) is 108 cm³/mol. The van der Waals surface area contributed by atoms with Crippen LogP contribution in [0.3, 0.4) is 0 Å². The minimum Gasteiger partial charge on any atom is -0.503 e. The van der Waals surface area contributed by atoms with Gasteiger partial charge in [-0.15, -0.1) is 0 Å². The van der Waals surface area contributed by atoms with Crippen LogP contribution in [-0.2, 0) is 25.5 Å². The smallest absolute Gasteiger partial charge is 0.332 e. The van der Waals surface area contributed by atoms with Crippen molar-refractivity contribution in [1.29, 1.82) is 0 Å². The van der Waals surface area contributed by atoms with Crippen LogP contribution in [0.2, 0.25) is 0 Å². The number of ether oxygens (including phenoxy) is 3. The molecule has 3 rings (SSSR count). The van der Waals surface area contributed by atoms with Gasteiger partial charge in [0.1, 0.15) is 6.61 Å². The van der Waals surface area contributed by atoms with Crippen molar-refractivity contribution in [3.8, 4) is 11.5 Å². The van der Waals surface area contributed by atoms with Crippen molar-refractivity contribution in [2.75, 3.05) is 13.7 Å². The monoisotopic (exact) mass is 428 g/mol. The second-order valence-electron chi connectivity index (χ2n) is 7.24. The van der Waals surface area contributed by atoms with E-state index in [0.29, 0.717) is 12.8 Å². The molecule has 164 valence electrons. The maximum absolute atomic E-state index is 12.6. The van der Waals surface area contributed by atoms with E-state index in [2.05, 4.69) is 10.3 Å². The SMILES string of the molecule is COc1ccnc(C(=O)N[C@H]2COC(=O)[C@H](Cc3ccccc3)C[C@H](C)OC2=O)c1O. The molecule has 9 nitrogen and oxygen atoms in total. The van der Waals surface area contributed by atoms with Crippen molar-refractivity contribution in [3.63, 3.8) is 0 Å². The lowest BCUT2D eigenvalue weighted by Gasteiger charge is -2.18. The number of benzene rings is 1. The van der Waals surface area contributed by atoms with Gasteiger partial charge >= 0.3 is 11.9 Å². The van der Waals surface area contributed by atoms with Crippen LogP contribution in [0.5, 0.6) is 11.5 Å². The fraction of sp³-hybridized carbons (Fsp3) is 0.364. The molecular formula is C22H24N2O7. The summed E-state index contributed by atoms with van der Waals surface area (Å²) in [4.78, 5) is 41.6. The number of methoxy groups -OCH3 is 1. The van der Waals surface area contributed by atoms with Gasteiger partial charge in [-0.05, 0) is 25.3 Å². The molecule has 0 aliphatic carbocycles. The number of pyridine rings is 1. The first-order chi connectivity index (χ1) is 14.9. The molecule has 1 aromatic heterocycles. The van der Waals surface area contributed by atoms with Gasteiger partial charge in [-0.2, -0.15) is 0 Å². The number of rotatable bonds is 5. The molecule has 1 aromatic carbocycles. The molecule has 3 atom stereocenters. The number of aromatic hydroxyl groups is 1. The molecule has 31 heavy (non-hydrogen) atoms. The van der Waals surface area contributed by atoms with Crippen LogP contribution >= 0.6 is 0 Å². The molecule has 1 saturated heterocycles. The zero-order valence-electron chi connectivity index (χ0n) is 17.2. The normalized spacial score (nSPS) is 21.7. The third-order valence-electron chi connectivity index (χ3n) is 4.90. The van der Waals surface area contributed by atoms with Crippen LogP contribution in [0.4, 0.5) is 0 Å². The highest BCUT2D eigenvalue weighted by Gasteiger charge is 2.33. The van der Waals surface area contributed by atoms with Crippen LogP contribution in [0.15, 0.2) is 42.6 Å². The van der Waals surface area contributed by atoms with Crippen LogP contribution in [0, 0.1) is 5.92 Å². The van der Waals surface area contributed by atoms with E-state index in [9.17, 15) is 19.5 Å². The molecule has 1 aliphatic rings. The average Bonchev–Trinajstić information content (AvgIpc) is 2.80. The summed E-state index contributed by atoms with van der Waals surface area (Å²) >= 11 is 0. The zero-order valence-corrected chi connectivity index (χ0v) is 17.2. The Kier molecular flexibility index (Phi) is 7.07. The Balaban J connectivity index is 1.73. The molecule has 1 fully saturated rings. The molecule has 2 aromatic rings. The first-order valence-electron chi connectivity index (χ1n) is 9.83. The van der Waals surface area contributed by atoms with Gasteiger partial charge in [0.25, 0.3) is 5.91 Å². The average molecular weight is 428 g/mol. The van der Waals surface area contributed by atoms with E-state index < -0.39 is 48.3 Å². The lowest BCUT2D eigenvalue weighted by atomic mass is 9.94. The largest absolute Gasteiger partial charge is 0.503 e. The number of hydrogen-bond donors (Lipinski definition) is 2. The first kappa shape index (κ1) is 22.1. The summed E-state index contributed by atoms with van der Waals surface area (Å²) in [5.41, 5.74) is 0.639. The van der Waals surface area contributed by atoms with Gasteiger partial charge in [0.2, 0.25) is 0 Å². The lowest BCUT2D eigenvalue weighted by Crippen LogP contribution is -2.46. The third kappa shape index (κ3) is 5.50. The van der Waals surface area contributed by atoms with Crippen LogP contribution in [0.25, 0.3) is 0 Å². The molecule has 0 unspecified atom stereocenters. The number of nitrogens with one attached hydrogen (secondary N) is 1. The summed E-state index contributed by atoms with van der Waals surface area (Å²) in [6.45, 7) is 1.29. The van der Waals surface area contributed by atoms with E-state index in [1.54, 1.807) is 6.92 Å². The van der Waals surface area contributed by atoms with E-state index in [0.717, 1.165) is 5.56 Å². The van der Waals surface area contributed by atoms with Gasteiger partial charge in [-0.3, -0.25) is 9.59 Å². The van der Waals surface area contributed by atoms with Crippen molar-refractivity contribution in [2.24, 2.45) is 5.92 Å². The Hall–Kier alpha value is -3.62. The molecule has 1 aliphatic heterocycles. The number of amides is 1. The van der Waals surface area contributed by atoms with E-state index in [4.69, 9.17) is 14.2 Å². The van der Waals surface area contributed by atoms with Crippen molar-refractivity contribution < 1.29 is 33.7 Å². The highest BCUT2D eigenvalue weighted by Crippen LogP contribution is 2.27. The summed E-state index contributed by atoms with van der Waals surface area (Å²) in [6.07, 6.45) is 1.46. The Labute approximate surface area is 179 Å². The number of esters is 2. The minimum absolute atomic E-state index is 0.0565. The summed E-state index contributed by atoms with van der Waals surface area (Å²) in [5, 5.41) is 12.5. The van der Waals surface area contributed by atoms with Gasteiger partial charge in [-0.25, -0.2) is 9.78 Å². The summed E-state index contributed by atoms with van der Waals surface area (Å²) < 4.78 is 15.7. The molecule has 9 heteroatoms. The second-order valence-corrected chi connectivity index (χ2v) is 7.24. The standard InChI is InChI=1S/C22H24N2O7/c1-13-10-15(11-14-6-4-3-5-7-14)21(27)30-12-16(22(28)31-13)24-20(26)18-19(25)17(29-2)8-9-23-18/h3-9,13,15-16,25H,10-12H2,1-2H3,(H,24,26)/t13-,15-,16-/m0/s1. The number of carbonyl (C=O) groups excluding carboxylic acids is 3.